The molecule has 3 nitrogen and oxygen atoms in total. The van der Waals surface area contributed by atoms with Crippen molar-refractivity contribution in [3.63, 3.8) is 0 Å². The van der Waals surface area contributed by atoms with E-state index in [1.807, 2.05) is 0 Å². The van der Waals surface area contributed by atoms with E-state index in [-0.39, 0.29) is 18.7 Å². The van der Waals surface area contributed by atoms with Gasteiger partial charge >= 0.3 is 12.1 Å². The second-order valence-electron chi connectivity index (χ2n) is 3.68. The first-order valence-electron chi connectivity index (χ1n) is 4.95. The van der Waals surface area contributed by atoms with Crippen LogP contribution in [0.15, 0.2) is 23.2 Å². The van der Waals surface area contributed by atoms with Crippen LogP contribution < -0.4 is 0 Å². The van der Waals surface area contributed by atoms with E-state index in [1.54, 1.807) is 0 Å². The number of rotatable bonds is 1. The third-order valence-corrected chi connectivity index (χ3v) is 2.61. The number of alkyl halides is 3. The Labute approximate surface area is 105 Å². The molecule has 1 aliphatic rings. The van der Waals surface area contributed by atoms with Crippen molar-refractivity contribution in [2.45, 2.75) is 12.6 Å². The van der Waals surface area contributed by atoms with Gasteiger partial charge in [-0.1, -0.05) is 11.6 Å². The third-order valence-electron chi connectivity index (χ3n) is 2.29. The van der Waals surface area contributed by atoms with Gasteiger partial charge in [-0.3, -0.25) is 9.79 Å². The highest BCUT2D eigenvalue weighted by atomic mass is 35.5. The number of nitrogens with zero attached hydrogens (tertiary/aromatic N) is 1. The summed E-state index contributed by atoms with van der Waals surface area (Å²) in [6, 6.07) is 3.17. The number of cyclic esters (lactones) is 1. The maximum absolute atomic E-state index is 12.5. The normalized spacial score (nSPS) is 18.2. The van der Waals surface area contributed by atoms with E-state index in [9.17, 15) is 18.0 Å². The molecule has 18 heavy (non-hydrogen) atoms. The molecule has 0 N–H and O–H groups in total. The molecule has 0 spiro atoms. The largest absolute Gasteiger partial charge is 0.459 e. The number of halogens is 4. The van der Waals surface area contributed by atoms with Gasteiger partial charge in [0.25, 0.3) is 0 Å². The number of esters is 1. The topological polar surface area (TPSA) is 38.7 Å². The fourth-order valence-electron chi connectivity index (χ4n) is 1.49. The monoisotopic (exact) mass is 277 g/mol. The number of hydrogen-bond acceptors (Lipinski definition) is 3. The summed E-state index contributed by atoms with van der Waals surface area (Å²) in [5, 5.41) is -0.422. The minimum absolute atomic E-state index is 0.0542. The van der Waals surface area contributed by atoms with E-state index in [2.05, 4.69) is 9.73 Å². The van der Waals surface area contributed by atoms with Gasteiger partial charge in [0.15, 0.2) is 0 Å². The molecule has 1 aliphatic heterocycles. The smallest absolute Gasteiger partial charge is 0.417 e. The lowest BCUT2D eigenvalue weighted by molar-refractivity contribution is -0.138. The molecular formula is C11H7ClF3NO2. The van der Waals surface area contributed by atoms with Gasteiger partial charge < -0.3 is 4.74 Å². The standard InChI is InChI=1S/C11H7ClF3NO2/c12-9-3-6(1-2-8(9)11(13,14)15)16-7-4-10(17)18-5-7/h1-3H,4-5H2. The molecule has 1 aromatic rings. The number of benzene rings is 1. The van der Waals surface area contributed by atoms with Crippen LogP contribution in [0.5, 0.6) is 0 Å². The molecule has 0 unspecified atom stereocenters. The van der Waals surface area contributed by atoms with Crippen molar-refractivity contribution in [3.8, 4) is 0 Å². The molecule has 0 amide bonds. The second kappa shape index (κ2) is 4.61. The average molecular weight is 278 g/mol. The van der Waals surface area contributed by atoms with Gasteiger partial charge in [0.2, 0.25) is 0 Å². The summed E-state index contributed by atoms with van der Waals surface area (Å²) in [6.07, 6.45) is -4.44. The summed E-state index contributed by atoms with van der Waals surface area (Å²) in [7, 11) is 0. The zero-order chi connectivity index (χ0) is 13.3. The number of aliphatic imine (C=N–C) groups is 1. The lowest BCUT2D eigenvalue weighted by atomic mass is 10.2. The summed E-state index contributed by atoms with van der Waals surface area (Å²) >= 11 is 5.54. The third kappa shape index (κ3) is 2.81. The summed E-state index contributed by atoms with van der Waals surface area (Å²) in [6.45, 7) is 0.0669. The molecule has 1 aromatic carbocycles. The van der Waals surface area contributed by atoms with E-state index in [1.165, 1.54) is 6.07 Å². The maximum atomic E-state index is 12.5. The van der Waals surface area contributed by atoms with Crippen LogP contribution in [0.1, 0.15) is 12.0 Å². The Morgan fingerprint density at radius 2 is 2.06 bits per heavy atom. The van der Waals surface area contributed by atoms with Crippen molar-refractivity contribution in [1.82, 2.24) is 0 Å². The van der Waals surface area contributed by atoms with Crippen molar-refractivity contribution in [3.05, 3.63) is 28.8 Å². The molecule has 7 heteroatoms. The fourth-order valence-corrected chi connectivity index (χ4v) is 1.77. The van der Waals surface area contributed by atoms with Crippen LogP contribution in [0.25, 0.3) is 0 Å². The highest BCUT2D eigenvalue weighted by Crippen LogP contribution is 2.36. The maximum Gasteiger partial charge on any atom is 0.417 e. The van der Waals surface area contributed by atoms with Gasteiger partial charge in [-0.25, -0.2) is 0 Å². The molecule has 1 heterocycles. The summed E-state index contributed by atoms with van der Waals surface area (Å²) in [4.78, 5) is 14.8. The van der Waals surface area contributed by atoms with Gasteiger partial charge in [0.05, 0.1) is 28.4 Å². The van der Waals surface area contributed by atoms with Crippen LogP contribution >= 0.6 is 11.6 Å². The van der Waals surface area contributed by atoms with Crippen LogP contribution in [0.4, 0.5) is 18.9 Å². The Balaban J connectivity index is 2.27. The van der Waals surface area contributed by atoms with Crippen molar-refractivity contribution < 1.29 is 22.7 Å². The molecule has 0 aromatic heterocycles. The quantitative estimate of drug-likeness (QED) is 0.738. The molecule has 1 saturated heterocycles. The van der Waals surface area contributed by atoms with Crippen LogP contribution in [-0.4, -0.2) is 18.3 Å². The van der Waals surface area contributed by atoms with Crippen molar-refractivity contribution in [2.24, 2.45) is 4.99 Å². The molecule has 0 aliphatic carbocycles. The minimum atomic E-state index is -4.49. The number of carbonyl (C=O) groups is 1. The Kier molecular flexibility index (Phi) is 3.30. The lowest BCUT2D eigenvalue weighted by Gasteiger charge is -2.08. The van der Waals surface area contributed by atoms with E-state index >= 15 is 0 Å². The van der Waals surface area contributed by atoms with E-state index in [0.717, 1.165) is 12.1 Å². The predicted molar refractivity (Wildman–Crippen MR) is 59.1 cm³/mol. The van der Waals surface area contributed by atoms with Gasteiger partial charge in [-0.15, -0.1) is 0 Å². The number of ether oxygens (including phenoxy) is 1. The Morgan fingerprint density at radius 1 is 1.33 bits per heavy atom. The minimum Gasteiger partial charge on any atom is -0.459 e. The van der Waals surface area contributed by atoms with Crippen LogP contribution in [-0.2, 0) is 15.7 Å². The summed E-state index contributed by atoms with van der Waals surface area (Å²) in [5.74, 6) is -0.397. The molecule has 0 saturated carbocycles. The average Bonchev–Trinajstić information content (AvgIpc) is 2.62. The molecule has 1 fully saturated rings. The summed E-state index contributed by atoms with van der Waals surface area (Å²) in [5.41, 5.74) is -0.177. The van der Waals surface area contributed by atoms with Gasteiger partial charge in [-0.05, 0) is 18.2 Å². The fraction of sp³-hybridized carbons (Fsp3) is 0.273. The molecule has 0 atom stereocenters. The second-order valence-corrected chi connectivity index (χ2v) is 4.08. The first-order chi connectivity index (χ1) is 8.36. The Morgan fingerprint density at radius 3 is 2.56 bits per heavy atom. The van der Waals surface area contributed by atoms with Crippen LogP contribution in [0.2, 0.25) is 5.02 Å². The van der Waals surface area contributed by atoms with Gasteiger partial charge in [0.1, 0.15) is 6.61 Å². The number of carbonyl (C=O) groups excluding carboxylic acids is 1. The molecule has 0 bridgehead atoms. The number of hydrogen-bond donors (Lipinski definition) is 0. The van der Waals surface area contributed by atoms with Crippen molar-refractivity contribution >= 4 is 29.0 Å². The van der Waals surface area contributed by atoms with Crippen molar-refractivity contribution in [2.75, 3.05) is 6.61 Å². The van der Waals surface area contributed by atoms with Gasteiger partial charge in [-0.2, -0.15) is 13.2 Å². The molecule has 96 valence electrons. The van der Waals surface area contributed by atoms with Crippen LogP contribution in [0, 0.1) is 0 Å². The highest BCUT2D eigenvalue weighted by molar-refractivity contribution is 6.31. The Bertz CT molecular complexity index is 526. The van der Waals surface area contributed by atoms with E-state index in [4.69, 9.17) is 11.6 Å². The molecular weight excluding hydrogens is 271 g/mol. The highest BCUT2D eigenvalue weighted by Gasteiger charge is 2.33. The summed E-state index contributed by atoms with van der Waals surface area (Å²) < 4.78 is 42.0. The first kappa shape index (κ1) is 12.9. The Hall–Kier alpha value is -1.56. The predicted octanol–water partition coefficient (Wildman–Crippen LogP) is 3.38. The van der Waals surface area contributed by atoms with E-state index < -0.39 is 22.7 Å². The first-order valence-corrected chi connectivity index (χ1v) is 5.33. The van der Waals surface area contributed by atoms with Crippen LogP contribution in [0.3, 0.4) is 0 Å². The lowest BCUT2D eigenvalue weighted by Crippen LogP contribution is -2.05. The zero-order valence-electron chi connectivity index (χ0n) is 8.92. The van der Waals surface area contributed by atoms with E-state index in [0.29, 0.717) is 5.71 Å². The SMILES string of the molecule is O=C1CC(=Nc2ccc(C(F)(F)F)c(Cl)c2)CO1. The van der Waals surface area contributed by atoms with Crippen molar-refractivity contribution in [1.29, 1.82) is 0 Å². The van der Waals surface area contributed by atoms with Gasteiger partial charge in [0, 0.05) is 0 Å². The molecule has 2 rings (SSSR count). The zero-order valence-corrected chi connectivity index (χ0v) is 9.68. The molecule has 0 radical (unpaired) electrons.